The summed E-state index contributed by atoms with van der Waals surface area (Å²) in [5.41, 5.74) is 1.39. The van der Waals surface area contributed by atoms with E-state index in [4.69, 9.17) is 26.8 Å². The smallest absolute Gasteiger partial charge is 0.341 e. The fourth-order valence-electron chi connectivity index (χ4n) is 3.10. The van der Waals surface area contributed by atoms with E-state index in [2.05, 4.69) is 4.90 Å². The molecule has 0 unspecified atom stereocenters. The highest BCUT2D eigenvalue weighted by Gasteiger charge is 2.22. The summed E-state index contributed by atoms with van der Waals surface area (Å²) in [7, 11) is 1.49. The number of carboxylic acid groups (broad SMARTS) is 1. The second-order valence-corrected chi connectivity index (χ2v) is 6.67. The Morgan fingerprint density at radius 3 is 2.50 bits per heavy atom. The molecule has 0 aromatic heterocycles. The quantitative estimate of drug-likeness (QED) is 0.743. The lowest BCUT2D eigenvalue weighted by Gasteiger charge is -2.37. The van der Waals surface area contributed by atoms with Gasteiger partial charge in [-0.1, -0.05) is 24.4 Å². The average Bonchev–Trinajstić information content (AvgIpc) is 2.72. The fourth-order valence-corrected chi connectivity index (χ4v) is 3.41. The minimum atomic E-state index is -1.06. The number of ether oxygens (including phenoxy) is 2. The number of anilines is 1. The van der Waals surface area contributed by atoms with E-state index in [-0.39, 0.29) is 5.82 Å². The molecule has 0 amide bonds. The van der Waals surface area contributed by atoms with Crippen LogP contribution in [-0.2, 0) is 4.79 Å². The first-order chi connectivity index (χ1) is 13.5. The second kappa shape index (κ2) is 8.88. The molecule has 1 N–H and O–H groups in total. The third kappa shape index (κ3) is 4.51. The minimum Gasteiger partial charge on any atom is -0.493 e. The highest BCUT2D eigenvalue weighted by atomic mass is 32.1. The number of aliphatic carboxylic acids is 1. The zero-order chi connectivity index (χ0) is 20.1. The second-order valence-electron chi connectivity index (χ2n) is 6.28. The zero-order valence-corrected chi connectivity index (χ0v) is 16.2. The molecule has 0 bridgehead atoms. The van der Waals surface area contributed by atoms with Crippen molar-refractivity contribution in [3.63, 3.8) is 0 Å². The van der Waals surface area contributed by atoms with Gasteiger partial charge in [0, 0.05) is 31.7 Å². The molecule has 0 spiro atoms. The van der Waals surface area contributed by atoms with Crippen LogP contribution >= 0.6 is 12.2 Å². The van der Waals surface area contributed by atoms with Crippen molar-refractivity contribution in [2.75, 3.05) is 44.8 Å². The molecule has 1 heterocycles. The number of carbonyl (C=O) groups is 1. The van der Waals surface area contributed by atoms with Gasteiger partial charge in [0.05, 0.1) is 12.8 Å². The van der Waals surface area contributed by atoms with Gasteiger partial charge >= 0.3 is 5.97 Å². The van der Waals surface area contributed by atoms with Crippen LogP contribution in [0.3, 0.4) is 0 Å². The van der Waals surface area contributed by atoms with E-state index in [0.717, 1.165) is 5.56 Å². The van der Waals surface area contributed by atoms with Crippen molar-refractivity contribution in [1.29, 1.82) is 0 Å². The molecular weight excluding hydrogens is 383 g/mol. The maximum Gasteiger partial charge on any atom is 0.341 e. The summed E-state index contributed by atoms with van der Waals surface area (Å²) in [6.45, 7) is 2.23. The number of carboxylic acids is 1. The van der Waals surface area contributed by atoms with E-state index in [1.54, 1.807) is 30.3 Å². The minimum absolute atomic E-state index is 0.222. The maximum atomic E-state index is 14.0. The number of piperazine rings is 1. The van der Waals surface area contributed by atoms with Gasteiger partial charge < -0.3 is 24.4 Å². The Labute approximate surface area is 168 Å². The van der Waals surface area contributed by atoms with E-state index in [9.17, 15) is 9.18 Å². The first-order valence-corrected chi connectivity index (χ1v) is 9.22. The van der Waals surface area contributed by atoms with Crippen molar-refractivity contribution in [2.24, 2.45) is 0 Å². The lowest BCUT2D eigenvalue weighted by molar-refractivity contribution is -0.139. The molecular formula is C20H21FN2O4S. The van der Waals surface area contributed by atoms with E-state index >= 15 is 0 Å². The molecule has 1 saturated heterocycles. The summed E-state index contributed by atoms with van der Waals surface area (Å²) in [4.78, 5) is 15.4. The third-order valence-corrected chi connectivity index (χ3v) is 5.02. The summed E-state index contributed by atoms with van der Waals surface area (Å²) >= 11 is 5.62. The largest absolute Gasteiger partial charge is 0.493 e. The number of hydrogen-bond acceptors (Lipinski definition) is 5. The molecule has 1 aliphatic rings. The molecule has 2 aromatic carbocycles. The monoisotopic (exact) mass is 404 g/mol. The number of para-hydroxylation sites is 1. The van der Waals surface area contributed by atoms with Gasteiger partial charge in [-0.25, -0.2) is 9.18 Å². The predicted molar refractivity (Wildman–Crippen MR) is 108 cm³/mol. The predicted octanol–water partition coefficient (Wildman–Crippen LogP) is 2.80. The van der Waals surface area contributed by atoms with Crippen molar-refractivity contribution < 1.29 is 23.8 Å². The van der Waals surface area contributed by atoms with E-state index < -0.39 is 12.6 Å². The van der Waals surface area contributed by atoms with E-state index in [1.165, 1.54) is 13.2 Å². The Balaban J connectivity index is 1.66. The Hall–Kier alpha value is -2.87. The van der Waals surface area contributed by atoms with Gasteiger partial charge in [-0.3, -0.25) is 0 Å². The first kappa shape index (κ1) is 19.9. The molecule has 148 valence electrons. The molecule has 1 fully saturated rings. The Morgan fingerprint density at radius 2 is 1.86 bits per heavy atom. The number of methoxy groups -OCH3 is 1. The van der Waals surface area contributed by atoms with Crippen molar-refractivity contribution >= 4 is 28.9 Å². The molecule has 6 nitrogen and oxygen atoms in total. The SMILES string of the molecule is COc1cc(C(=S)N2CCN(c3ccccc3F)CC2)ccc1OCC(=O)O. The van der Waals surface area contributed by atoms with Crippen LogP contribution in [0.1, 0.15) is 5.56 Å². The summed E-state index contributed by atoms with van der Waals surface area (Å²) in [5, 5.41) is 8.75. The summed E-state index contributed by atoms with van der Waals surface area (Å²) < 4.78 is 24.5. The molecule has 8 heteroatoms. The molecule has 3 rings (SSSR count). The average molecular weight is 404 g/mol. The normalized spacial score (nSPS) is 13.9. The van der Waals surface area contributed by atoms with Crippen LogP contribution in [0.25, 0.3) is 0 Å². The standard InChI is InChI=1S/C20H21FN2O4S/c1-26-18-12-14(6-7-17(18)27-13-19(24)25)20(28)23-10-8-22(9-11-23)16-5-3-2-4-15(16)21/h2-7,12H,8-11,13H2,1H3,(H,24,25). The molecule has 0 saturated carbocycles. The Morgan fingerprint density at radius 1 is 1.14 bits per heavy atom. The van der Waals surface area contributed by atoms with Gasteiger partial charge in [0.2, 0.25) is 0 Å². The number of nitrogens with zero attached hydrogens (tertiary/aromatic N) is 2. The zero-order valence-electron chi connectivity index (χ0n) is 15.4. The Bertz CT molecular complexity index is 869. The van der Waals surface area contributed by atoms with Crippen LogP contribution in [0.5, 0.6) is 11.5 Å². The van der Waals surface area contributed by atoms with Gasteiger partial charge in [-0.05, 0) is 30.3 Å². The molecule has 0 atom stereocenters. The number of hydrogen-bond donors (Lipinski definition) is 1. The number of halogens is 1. The van der Waals surface area contributed by atoms with Crippen molar-refractivity contribution in [3.8, 4) is 11.5 Å². The van der Waals surface area contributed by atoms with Gasteiger partial charge in [0.25, 0.3) is 0 Å². The van der Waals surface area contributed by atoms with E-state index in [0.29, 0.717) is 48.4 Å². The lowest BCUT2D eigenvalue weighted by atomic mass is 10.1. The van der Waals surface area contributed by atoms with Crippen molar-refractivity contribution in [1.82, 2.24) is 4.90 Å². The maximum absolute atomic E-state index is 14.0. The highest BCUT2D eigenvalue weighted by molar-refractivity contribution is 7.80. The topological polar surface area (TPSA) is 62.2 Å². The highest BCUT2D eigenvalue weighted by Crippen LogP contribution is 2.29. The number of thiocarbonyl (C=S) groups is 1. The molecule has 0 aliphatic carbocycles. The number of rotatable bonds is 6. The van der Waals surface area contributed by atoms with Gasteiger partial charge in [0.1, 0.15) is 10.8 Å². The first-order valence-electron chi connectivity index (χ1n) is 8.81. The van der Waals surface area contributed by atoms with Crippen molar-refractivity contribution in [3.05, 3.63) is 53.8 Å². The lowest BCUT2D eigenvalue weighted by Crippen LogP contribution is -2.48. The van der Waals surface area contributed by atoms with Crippen LogP contribution in [-0.4, -0.2) is 60.9 Å². The van der Waals surface area contributed by atoms with Crippen LogP contribution in [0, 0.1) is 5.82 Å². The molecule has 2 aromatic rings. The van der Waals surface area contributed by atoms with Crippen LogP contribution < -0.4 is 14.4 Å². The van der Waals surface area contributed by atoms with E-state index in [1.807, 2.05) is 11.0 Å². The van der Waals surface area contributed by atoms with Gasteiger partial charge in [-0.2, -0.15) is 0 Å². The summed E-state index contributed by atoms with van der Waals surface area (Å²) in [5.74, 6) is -0.512. The Kier molecular flexibility index (Phi) is 6.30. The molecule has 1 aliphatic heterocycles. The molecule has 28 heavy (non-hydrogen) atoms. The van der Waals surface area contributed by atoms with Crippen LogP contribution in [0.15, 0.2) is 42.5 Å². The fraction of sp³-hybridized carbons (Fsp3) is 0.300. The van der Waals surface area contributed by atoms with Gasteiger partial charge in [0.15, 0.2) is 18.1 Å². The van der Waals surface area contributed by atoms with Crippen LogP contribution in [0.4, 0.5) is 10.1 Å². The molecule has 0 radical (unpaired) electrons. The third-order valence-electron chi connectivity index (χ3n) is 4.52. The summed E-state index contributed by atoms with van der Waals surface area (Å²) in [6.07, 6.45) is 0. The van der Waals surface area contributed by atoms with Crippen molar-refractivity contribution in [2.45, 2.75) is 0 Å². The van der Waals surface area contributed by atoms with Crippen LogP contribution in [0.2, 0.25) is 0 Å². The van der Waals surface area contributed by atoms with Gasteiger partial charge in [-0.15, -0.1) is 0 Å². The summed E-state index contributed by atoms with van der Waals surface area (Å²) in [6, 6.07) is 11.9. The number of benzene rings is 2.